The summed E-state index contributed by atoms with van der Waals surface area (Å²) in [7, 11) is 0. The molecule has 4 fully saturated rings. The zero-order valence-corrected chi connectivity index (χ0v) is 60.5. The fourth-order valence-electron chi connectivity index (χ4n) is 12.3. The van der Waals surface area contributed by atoms with E-state index in [2.05, 4.69) is 284 Å². The molecular formula is C69H116N16O4Pt2+2. The van der Waals surface area contributed by atoms with Gasteiger partial charge in [0, 0.05) is 58.0 Å². The molecule has 0 atom stereocenters. The SMILES string of the molecule is C.C1=CN(C2CCCCC2)[CH-]N1CN1C=CN(C2CCCCC2)[CH-]1.C1=CN(C2CCCCC2)[CH-]N1CN1C=CN(C2CCCCC2)[CH-]1.CC(=O)O.CC(=O)O.CC(C)N1C=CN(CN2C=CN(C(C)C)[CH-]2)[CH-]1.CC(C)n1cc[n+](C[n+]2ccn(C(C)C)c2)c1.[Pt+2].[Pt+4]. The summed E-state index contributed by atoms with van der Waals surface area (Å²) < 4.78 is 8.79. The Morgan fingerprint density at radius 2 is 0.626 bits per heavy atom. The molecule has 4 aliphatic carbocycles. The zero-order valence-electron chi connectivity index (χ0n) is 55.9. The maximum atomic E-state index is 9.00. The van der Waals surface area contributed by atoms with Gasteiger partial charge in [0.2, 0.25) is 19.3 Å². The van der Waals surface area contributed by atoms with Crippen LogP contribution in [0.3, 0.4) is 0 Å². The van der Waals surface area contributed by atoms with Crippen LogP contribution in [-0.2, 0) is 58.4 Å². The largest absolute Gasteiger partial charge is 4.00 e. The van der Waals surface area contributed by atoms with Gasteiger partial charge in [-0.15, -0.1) is 0 Å². The topological polar surface area (TPSA) is 131 Å². The number of carbonyl (C=O) groups is 2. The van der Waals surface area contributed by atoms with Crippen molar-refractivity contribution in [2.24, 2.45) is 0 Å². The van der Waals surface area contributed by atoms with Crippen LogP contribution in [0.15, 0.2) is 112 Å². The maximum Gasteiger partial charge on any atom is 4.00 e. The van der Waals surface area contributed by atoms with E-state index >= 15 is 0 Å². The Labute approximate surface area is 579 Å². The molecule has 514 valence electrons. The predicted octanol–water partition coefficient (Wildman–Crippen LogP) is 12.6. The van der Waals surface area contributed by atoms with Crippen molar-refractivity contribution < 1.29 is 71.1 Å². The van der Waals surface area contributed by atoms with Gasteiger partial charge in [0.05, 0.1) is 12.1 Å². The first-order valence-corrected chi connectivity index (χ1v) is 33.3. The van der Waals surface area contributed by atoms with E-state index in [-0.39, 0.29) is 49.6 Å². The second kappa shape index (κ2) is 40.8. The van der Waals surface area contributed by atoms with E-state index in [0.717, 1.165) is 64.7 Å². The molecule has 2 N–H and O–H groups in total. The molecule has 91 heavy (non-hydrogen) atoms. The number of aromatic nitrogens is 4. The molecule has 0 amide bonds. The summed E-state index contributed by atoms with van der Waals surface area (Å²) in [6.07, 6.45) is 66.7. The van der Waals surface area contributed by atoms with E-state index in [4.69, 9.17) is 19.8 Å². The molecule has 8 heterocycles. The molecular weight excluding hydrogens is 1510 g/mol. The van der Waals surface area contributed by atoms with E-state index in [1.54, 1.807) is 0 Å². The summed E-state index contributed by atoms with van der Waals surface area (Å²) >= 11 is 0. The quantitative estimate of drug-likeness (QED) is 0.122. The third kappa shape index (κ3) is 27.0. The Kier molecular flexibility index (Phi) is 35.1. The van der Waals surface area contributed by atoms with Gasteiger partial charge in [-0.25, -0.2) is 9.13 Å². The molecule has 6 aliphatic heterocycles. The first kappa shape index (κ1) is 78.2. The van der Waals surface area contributed by atoms with E-state index in [0.29, 0.717) is 24.2 Å². The van der Waals surface area contributed by atoms with Crippen LogP contribution in [0, 0.1) is 40.0 Å². The molecule has 0 spiro atoms. The average Bonchev–Trinajstić information content (AvgIpc) is 3.11. The summed E-state index contributed by atoms with van der Waals surface area (Å²) in [5.41, 5.74) is 0. The second-order valence-electron chi connectivity index (χ2n) is 26.1. The number of imidazole rings is 2. The fraction of sp³-hybridized carbons (Fsp3) is 0.623. The van der Waals surface area contributed by atoms with Gasteiger partial charge in [0.1, 0.15) is 24.8 Å². The summed E-state index contributed by atoms with van der Waals surface area (Å²) in [6.45, 7) is 36.7. The Morgan fingerprint density at radius 3 is 0.835 bits per heavy atom. The first-order chi connectivity index (χ1) is 42.3. The van der Waals surface area contributed by atoms with Crippen LogP contribution in [0.2, 0.25) is 0 Å². The van der Waals surface area contributed by atoms with Crippen LogP contribution in [0.1, 0.15) is 217 Å². The van der Waals surface area contributed by atoms with Crippen molar-refractivity contribution in [3.05, 3.63) is 152 Å². The van der Waals surface area contributed by atoms with Crippen molar-refractivity contribution in [3.63, 3.8) is 0 Å². The summed E-state index contributed by atoms with van der Waals surface area (Å²) in [6, 6.07) is 4.96. The van der Waals surface area contributed by atoms with E-state index < -0.39 is 11.9 Å². The Bertz CT molecular complexity index is 2270. The van der Waals surface area contributed by atoms with Crippen molar-refractivity contribution in [3.8, 4) is 0 Å². The molecule has 4 saturated carbocycles. The van der Waals surface area contributed by atoms with Gasteiger partial charge in [-0.05, 0) is 193 Å². The van der Waals surface area contributed by atoms with Crippen molar-refractivity contribution >= 4 is 11.9 Å². The molecule has 2 aromatic heterocycles. The first-order valence-electron chi connectivity index (χ1n) is 33.3. The van der Waals surface area contributed by atoms with Crippen LogP contribution in [0.4, 0.5) is 0 Å². The predicted molar refractivity (Wildman–Crippen MR) is 354 cm³/mol. The summed E-state index contributed by atoms with van der Waals surface area (Å²) in [4.78, 5) is 45.7. The van der Waals surface area contributed by atoms with Crippen LogP contribution in [0.25, 0.3) is 0 Å². The molecule has 10 aliphatic rings. The van der Waals surface area contributed by atoms with Crippen LogP contribution in [0.5, 0.6) is 0 Å². The minimum atomic E-state index is -0.833. The van der Waals surface area contributed by atoms with Crippen molar-refractivity contribution in [2.45, 2.75) is 260 Å². The minimum Gasteiger partial charge on any atom is -0.506 e. The molecule has 0 aromatic carbocycles. The molecule has 0 saturated heterocycles. The molecule has 20 nitrogen and oxygen atoms in total. The summed E-state index contributed by atoms with van der Waals surface area (Å²) in [5, 5.41) is 14.8. The smallest absolute Gasteiger partial charge is 0.506 e. The van der Waals surface area contributed by atoms with Crippen LogP contribution in [-0.4, -0.2) is 146 Å². The van der Waals surface area contributed by atoms with Gasteiger partial charge in [-0.3, -0.25) is 9.59 Å². The van der Waals surface area contributed by atoms with Gasteiger partial charge in [-0.1, -0.05) is 84.5 Å². The van der Waals surface area contributed by atoms with E-state index in [1.165, 1.54) is 128 Å². The Morgan fingerprint density at radius 1 is 0.396 bits per heavy atom. The fourth-order valence-corrected chi connectivity index (χ4v) is 12.3. The summed E-state index contributed by atoms with van der Waals surface area (Å²) in [5.74, 6) is -1.67. The molecule has 0 bridgehead atoms. The number of carboxylic acid groups (broad SMARTS) is 2. The van der Waals surface area contributed by atoms with Crippen molar-refractivity contribution in [2.75, 3.05) is 20.0 Å². The molecule has 0 radical (unpaired) electrons. The van der Waals surface area contributed by atoms with Gasteiger partial charge >= 0.3 is 42.1 Å². The second-order valence-corrected chi connectivity index (χ2v) is 26.1. The van der Waals surface area contributed by atoms with E-state index in [1.807, 2.05) is 0 Å². The van der Waals surface area contributed by atoms with Crippen LogP contribution >= 0.6 is 0 Å². The van der Waals surface area contributed by atoms with E-state index in [9.17, 15) is 0 Å². The Hall–Kier alpha value is -5.22. The number of hydrogen-bond donors (Lipinski definition) is 2. The van der Waals surface area contributed by atoms with Crippen LogP contribution < -0.4 is 9.13 Å². The normalized spacial score (nSPS) is 19.9. The molecule has 12 rings (SSSR count). The average molecular weight is 1620 g/mol. The number of hydrogen-bond acceptors (Lipinski definition) is 14. The number of rotatable bonds is 16. The molecule has 2 aromatic rings. The minimum absolute atomic E-state index is 0. The standard InChI is InChI=1S/2C19H30N4.2C13H22N4.2C2H4O2.CH4.2Pt/c2*1-3-7-18(8-4-1)22-13-11-20(16-22)15-21-12-14-23(17-21)19-9-5-2-6-10-19;2*1-12(2)16-7-5-14(10-16)9-15-6-8-17(11-15)13(3)4;2*1-2(3)4;;;/h2*11-14,16-19H,1-10,15H2;2*5-8,10-13H,9H2,1-4H3;2*1H3,(H,3,4);1H4;;/q3*-2;+2;;;;+2;+4. The number of aliphatic carboxylic acids is 2. The van der Waals surface area contributed by atoms with Crippen molar-refractivity contribution in [1.82, 2.24) is 67.9 Å². The van der Waals surface area contributed by atoms with Gasteiger partial charge in [0.15, 0.2) is 0 Å². The number of carboxylic acids is 2. The molecule has 22 heteroatoms. The number of nitrogens with zero attached hydrogens (tertiary/aromatic N) is 16. The van der Waals surface area contributed by atoms with Gasteiger partial charge in [0.25, 0.3) is 11.9 Å². The van der Waals surface area contributed by atoms with Crippen molar-refractivity contribution in [1.29, 1.82) is 0 Å². The third-order valence-electron chi connectivity index (χ3n) is 17.4. The monoisotopic (exact) mass is 1620 g/mol. The Balaban J connectivity index is 0.000000248. The maximum absolute atomic E-state index is 9.00. The molecule has 0 unspecified atom stereocenters. The zero-order chi connectivity index (χ0) is 63.0. The van der Waals surface area contributed by atoms with Gasteiger partial charge in [-0.2, -0.15) is 49.1 Å². The van der Waals surface area contributed by atoms with Gasteiger partial charge < -0.3 is 69.0 Å². The third-order valence-corrected chi connectivity index (χ3v) is 17.4.